The Morgan fingerprint density at radius 1 is 1.32 bits per heavy atom. The van der Waals surface area contributed by atoms with Crippen LogP contribution >= 0.6 is 11.3 Å². The molecule has 0 aromatic carbocycles. The number of hydrogen-bond donors (Lipinski definition) is 1. The number of fused-ring (bicyclic) bond motifs is 1. The minimum absolute atomic E-state index is 0.167. The molecule has 0 bridgehead atoms. The average molecular weight is 405 g/mol. The van der Waals surface area contributed by atoms with Crippen LogP contribution < -0.4 is 16.6 Å². The summed E-state index contributed by atoms with van der Waals surface area (Å²) in [6.45, 7) is 4.11. The summed E-state index contributed by atoms with van der Waals surface area (Å²) in [5.74, 6) is -0.632. The highest BCUT2D eigenvalue weighted by Gasteiger charge is 2.29. The molecule has 8 nitrogen and oxygen atoms in total. The van der Waals surface area contributed by atoms with E-state index >= 15 is 0 Å². The Morgan fingerprint density at radius 3 is 2.71 bits per heavy atom. The normalized spacial score (nSPS) is 15.8. The first-order chi connectivity index (χ1) is 13.2. The molecular formula is C19H23N3O5S. The first-order valence-corrected chi connectivity index (χ1v) is 9.95. The zero-order valence-corrected chi connectivity index (χ0v) is 17.1. The second-order valence-corrected chi connectivity index (χ2v) is 8.14. The lowest BCUT2D eigenvalue weighted by Gasteiger charge is -2.18. The van der Waals surface area contributed by atoms with Crippen LogP contribution in [0.15, 0.2) is 15.8 Å². The van der Waals surface area contributed by atoms with Gasteiger partial charge in [-0.05, 0) is 37.7 Å². The van der Waals surface area contributed by atoms with Crippen molar-refractivity contribution >= 4 is 28.2 Å². The number of hydrogen-bond acceptors (Lipinski definition) is 6. The van der Waals surface area contributed by atoms with Gasteiger partial charge in [0.15, 0.2) is 0 Å². The van der Waals surface area contributed by atoms with Crippen molar-refractivity contribution in [1.29, 1.82) is 0 Å². The monoisotopic (exact) mass is 405 g/mol. The largest absolute Gasteiger partial charge is 0.462 e. The van der Waals surface area contributed by atoms with E-state index in [2.05, 4.69) is 12.2 Å². The summed E-state index contributed by atoms with van der Waals surface area (Å²) in [5, 5.41) is 3.09. The van der Waals surface area contributed by atoms with Gasteiger partial charge in [0, 0.05) is 25.2 Å². The number of rotatable bonds is 4. The van der Waals surface area contributed by atoms with Crippen LogP contribution in [0.2, 0.25) is 0 Å². The van der Waals surface area contributed by atoms with Gasteiger partial charge in [0.05, 0.1) is 12.2 Å². The quantitative estimate of drug-likeness (QED) is 0.781. The minimum Gasteiger partial charge on any atom is -0.462 e. The first-order valence-electron chi connectivity index (χ1n) is 9.14. The van der Waals surface area contributed by atoms with Crippen LogP contribution in [0.1, 0.15) is 51.4 Å². The van der Waals surface area contributed by atoms with Gasteiger partial charge in [-0.2, -0.15) is 0 Å². The molecule has 2 aromatic rings. The molecule has 2 aromatic heterocycles. The van der Waals surface area contributed by atoms with Gasteiger partial charge in [-0.3, -0.25) is 14.2 Å². The van der Waals surface area contributed by atoms with Crippen LogP contribution in [0.3, 0.4) is 0 Å². The maximum Gasteiger partial charge on any atom is 0.341 e. The number of nitrogens with zero attached hydrogens (tertiary/aromatic N) is 2. The molecule has 1 aliphatic rings. The molecule has 0 radical (unpaired) electrons. The SMILES string of the molecule is CCOC(=O)c1c(NC(=O)c2cn(C)c(=O)n(C)c2=O)sc2c1CCC(C)C2. The van der Waals surface area contributed by atoms with Gasteiger partial charge < -0.3 is 14.6 Å². The number of carbonyl (C=O) groups excluding carboxylic acids is 2. The number of amides is 1. The summed E-state index contributed by atoms with van der Waals surface area (Å²) in [7, 11) is 2.78. The van der Waals surface area contributed by atoms with Crippen molar-refractivity contribution in [2.24, 2.45) is 20.0 Å². The molecule has 3 rings (SSSR count). The zero-order chi connectivity index (χ0) is 20.6. The van der Waals surface area contributed by atoms with Gasteiger partial charge >= 0.3 is 11.7 Å². The van der Waals surface area contributed by atoms with Gasteiger partial charge in [-0.15, -0.1) is 11.3 Å². The van der Waals surface area contributed by atoms with E-state index in [4.69, 9.17) is 4.74 Å². The molecule has 0 spiro atoms. The van der Waals surface area contributed by atoms with Gasteiger partial charge in [0.2, 0.25) is 0 Å². The second-order valence-electron chi connectivity index (χ2n) is 7.03. The lowest BCUT2D eigenvalue weighted by Crippen LogP contribution is -2.40. The number of aromatic nitrogens is 2. The van der Waals surface area contributed by atoms with Gasteiger partial charge in [-0.25, -0.2) is 9.59 Å². The number of esters is 1. The molecule has 0 saturated carbocycles. The van der Waals surface area contributed by atoms with Crippen molar-refractivity contribution in [3.63, 3.8) is 0 Å². The van der Waals surface area contributed by atoms with Gasteiger partial charge in [0.25, 0.3) is 11.5 Å². The third kappa shape index (κ3) is 3.54. The maximum atomic E-state index is 12.8. The number of nitrogens with one attached hydrogen (secondary N) is 1. The molecule has 2 heterocycles. The molecule has 1 atom stereocenters. The fourth-order valence-corrected chi connectivity index (χ4v) is 4.79. The highest BCUT2D eigenvalue weighted by atomic mass is 32.1. The first kappa shape index (κ1) is 20.1. The van der Waals surface area contributed by atoms with Gasteiger partial charge in [0.1, 0.15) is 10.6 Å². The third-order valence-electron chi connectivity index (χ3n) is 4.91. The molecule has 28 heavy (non-hydrogen) atoms. The predicted octanol–water partition coefficient (Wildman–Crippen LogP) is 1.70. The standard InChI is InChI=1S/C19H23N3O5S/c1-5-27-18(25)14-11-7-6-10(2)8-13(11)28-16(14)20-15(23)12-9-21(3)19(26)22(4)17(12)24/h9-10H,5-8H2,1-4H3,(H,20,23). The van der Waals surface area contributed by atoms with E-state index in [0.717, 1.165) is 34.3 Å². The van der Waals surface area contributed by atoms with Crippen molar-refractivity contribution in [2.45, 2.75) is 33.1 Å². The Bertz CT molecular complexity index is 1060. The van der Waals surface area contributed by atoms with Crippen LogP contribution in [-0.2, 0) is 31.7 Å². The Morgan fingerprint density at radius 2 is 2.04 bits per heavy atom. The van der Waals surface area contributed by atoms with Crippen LogP contribution in [0.25, 0.3) is 0 Å². The Kier molecular flexibility index (Phi) is 5.55. The number of aryl methyl sites for hydroxylation is 1. The molecule has 0 aliphatic heterocycles. The van der Waals surface area contributed by atoms with E-state index in [9.17, 15) is 19.2 Å². The van der Waals surface area contributed by atoms with Crippen LogP contribution in [0, 0.1) is 5.92 Å². The third-order valence-corrected chi connectivity index (χ3v) is 6.08. The average Bonchev–Trinajstić information content (AvgIpc) is 2.99. The summed E-state index contributed by atoms with van der Waals surface area (Å²) >= 11 is 1.35. The van der Waals surface area contributed by atoms with Crippen molar-refractivity contribution in [3.8, 4) is 0 Å². The maximum absolute atomic E-state index is 12.8. The molecule has 9 heteroatoms. The Labute approximate surface area is 165 Å². The molecule has 150 valence electrons. The van der Waals surface area contributed by atoms with E-state index in [1.807, 2.05) is 0 Å². The molecule has 1 N–H and O–H groups in total. The molecule has 1 amide bonds. The Balaban J connectivity index is 2.03. The molecule has 0 saturated heterocycles. The van der Waals surface area contributed by atoms with E-state index in [0.29, 0.717) is 16.5 Å². The van der Waals surface area contributed by atoms with E-state index in [1.54, 1.807) is 6.92 Å². The van der Waals surface area contributed by atoms with Crippen molar-refractivity contribution in [1.82, 2.24) is 9.13 Å². The lowest BCUT2D eigenvalue weighted by molar-refractivity contribution is 0.0526. The summed E-state index contributed by atoms with van der Waals surface area (Å²) < 4.78 is 7.24. The van der Waals surface area contributed by atoms with Crippen LogP contribution in [0.4, 0.5) is 5.00 Å². The summed E-state index contributed by atoms with van der Waals surface area (Å²) in [6.07, 6.45) is 3.76. The number of anilines is 1. The fourth-order valence-electron chi connectivity index (χ4n) is 3.39. The van der Waals surface area contributed by atoms with Gasteiger partial charge in [-0.1, -0.05) is 6.92 Å². The smallest absolute Gasteiger partial charge is 0.341 e. The van der Waals surface area contributed by atoms with E-state index in [1.165, 1.54) is 36.2 Å². The van der Waals surface area contributed by atoms with Crippen LogP contribution in [0.5, 0.6) is 0 Å². The van der Waals surface area contributed by atoms with Crippen molar-refractivity contribution in [2.75, 3.05) is 11.9 Å². The summed E-state index contributed by atoms with van der Waals surface area (Å²) in [5.41, 5.74) is -0.0735. The highest BCUT2D eigenvalue weighted by Crippen LogP contribution is 2.40. The van der Waals surface area contributed by atoms with Crippen molar-refractivity contribution < 1.29 is 14.3 Å². The lowest BCUT2D eigenvalue weighted by atomic mass is 9.88. The summed E-state index contributed by atoms with van der Waals surface area (Å²) in [6, 6.07) is 0. The van der Waals surface area contributed by atoms with E-state index < -0.39 is 23.1 Å². The number of carbonyl (C=O) groups is 2. The summed E-state index contributed by atoms with van der Waals surface area (Å²) in [4.78, 5) is 50.5. The highest BCUT2D eigenvalue weighted by molar-refractivity contribution is 7.17. The van der Waals surface area contributed by atoms with Crippen LogP contribution in [-0.4, -0.2) is 27.6 Å². The second kappa shape index (κ2) is 7.75. The topological polar surface area (TPSA) is 99.4 Å². The number of ether oxygens (including phenoxy) is 1. The van der Waals surface area contributed by atoms with E-state index in [-0.39, 0.29) is 12.2 Å². The molecular weight excluding hydrogens is 382 g/mol. The Hall–Kier alpha value is -2.68. The zero-order valence-electron chi connectivity index (χ0n) is 16.3. The molecule has 0 fully saturated rings. The number of thiophene rings is 1. The van der Waals surface area contributed by atoms with Crippen molar-refractivity contribution in [3.05, 3.63) is 48.6 Å². The fraction of sp³-hybridized carbons (Fsp3) is 0.474. The molecule has 1 aliphatic carbocycles. The predicted molar refractivity (Wildman–Crippen MR) is 106 cm³/mol. The minimum atomic E-state index is -0.687. The molecule has 1 unspecified atom stereocenters.